The van der Waals surface area contributed by atoms with Gasteiger partial charge in [0.25, 0.3) is 0 Å². The Balaban J connectivity index is 2.17. The Morgan fingerprint density at radius 2 is 2.26 bits per heavy atom. The van der Waals surface area contributed by atoms with E-state index < -0.39 is 0 Å². The van der Waals surface area contributed by atoms with Gasteiger partial charge < -0.3 is 5.32 Å². The Morgan fingerprint density at radius 3 is 2.95 bits per heavy atom. The maximum absolute atomic E-state index is 4.10. The van der Waals surface area contributed by atoms with Crippen LogP contribution in [-0.4, -0.2) is 10.2 Å². The number of hydrogen-bond donors (Lipinski definition) is 1. The number of anilines is 1. The number of hydrogen-bond acceptors (Lipinski definition) is 3. The molecule has 0 radical (unpaired) electrons. The van der Waals surface area contributed by atoms with Crippen molar-refractivity contribution in [2.75, 3.05) is 5.32 Å². The molecule has 0 unspecified atom stereocenters. The van der Waals surface area contributed by atoms with E-state index in [1.807, 2.05) is 12.1 Å². The van der Waals surface area contributed by atoms with Crippen molar-refractivity contribution in [1.82, 2.24) is 10.2 Å². The minimum absolute atomic E-state index is 0.763. The molecule has 0 aliphatic heterocycles. The molecule has 0 saturated heterocycles. The fraction of sp³-hybridized carbons (Fsp3) is 0.250. The summed E-state index contributed by atoms with van der Waals surface area (Å²) in [4.78, 5) is 0. The van der Waals surface area contributed by atoms with E-state index in [2.05, 4.69) is 54.2 Å². The number of nitrogens with zero attached hydrogens (tertiary/aromatic N) is 2. The summed E-state index contributed by atoms with van der Waals surface area (Å²) in [6.07, 6.45) is 10.1. The van der Waals surface area contributed by atoms with Gasteiger partial charge in [0.2, 0.25) is 0 Å². The molecule has 0 atom stereocenters. The normalized spacial score (nSPS) is 14.9. The number of aromatic nitrogens is 2. The fourth-order valence-electron chi connectivity index (χ4n) is 1.94. The minimum Gasteiger partial charge on any atom is -0.339 e. The highest BCUT2D eigenvalue weighted by molar-refractivity contribution is 5.53. The van der Waals surface area contributed by atoms with Gasteiger partial charge in [0.05, 0.1) is 0 Å². The molecule has 0 saturated carbocycles. The summed E-state index contributed by atoms with van der Waals surface area (Å²) in [5, 5.41) is 11.2. The average molecular weight is 253 g/mol. The van der Waals surface area contributed by atoms with E-state index in [9.17, 15) is 0 Å². The molecular formula is C16H19N3. The average Bonchev–Trinajstić information content (AvgIpc) is 2.62. The summed E-state index contributed by atoms with van der Waals surface area (Å²) in [6, 6.07) is 3.78. The van der Waals surface area contributed by atoms with Gasteiger partial charge in [-0.3, -0.25) is 0 Å². The van der Waals surface area contributed by atoms with Gasteiger partial charge in [-0.15, -0.1) is 5.10 Å². The Labute approximate surface area is 114 Å². The monoisotopic (exact) mass is 253 g/mol. The van der Waals surface area contributed by atoms with Crippen LogP contribution < -0.4 is 5.32 Å². The third-order valence-corrected chi connectivity index (χ3v) is 3.13. The van der Waals surface area contributed by atoms with E-state index in [0.29, 0.717) is 0 Å². The molecule has 0 spiro atoms. The molecule has 0 bridgehead atoms. The first-order valence-corrected chi connectivity index (χ1v) is 6.52. The standard InChI is InChI=1S/C16H19N3/c1-4-12(2)14-7-5-8-15(13(3)11-14)18-16-9-6-10-17-19-16/h6-11H,2,4-5H2,1,3H3,(H,18,19). The van der Waals surface area contributed by atoms with Crippen LogP contribution in [0.5, 0.6) is 0 Å². The smallest absolute Gasteiger partial charge is 0.153 e. The molecule has 98 valence electrons. The first kappa shape index (κ1) is 13.3. The molecule has 19 heavy (non-hydrogen) atoms. The molecular weight excluding hydrogens is 234 g/mol. The van der Waals surface area contributed by atoms with Gasteiger partial charge >= 0.3 is 0 Å². The topological polar surface area (TPSA) is 37.8 Å². The molecule has 3 nitrogen and oxygen atoms in total. The second-order valence-electron chi connectivity index (χ2n) is 4.53. The molecule has 0 aromatic carbocycles. The van der Waals surface area contributed by atoms with Gasteiger partial charge in [-0.05, 0) is 48.6 Å². The molecule has 1 aliphatic rings. The van der Waals surface area contributed by atoms with Crippen LogP contribution in [-0.2, 0) is 0 Å². The third-order valence-electron chi connectivity index (χ3n) is 3.13. The highest BCUT2D eigenvalue weighted by atomic mass is 15.2. The molecule has 1 heterocycles. The van der Waals surface area contributed by atoms with Gasteiger partial charge in [0.1, 0.15) is 0 Å². The molecule has 0 amide bonds. The van der Waals surface area contributed by atoms with Crippen LogP contribution in [0.15, 0.2) is 65.6 Å². The molecule has 1 N–H and O–H groups in total. The summed E-state index contributed by atoms with van der Waals surface area (Å²) in [7, 11) is 0. The van der Waals surface area contributed by atoms with Crippen molar-refractivity contribution < 1.29 is 0 Å². The second-order valence-corrected chi connectivity index (χ2v) is 4.53. The minimum atomic E-state index is 0.763. The van der Waals surface area contributed by atoms with Gasteiger partial charge in [0, 0.05) is 11.9 Å². The SMILES string of the molecule is C=C(CC)C1=CCC=C(Nc2cccnn2)C(C)=C1. The molecule has 1 aliphatic carbocycles. The Morgan fingerprint density at radius 1 is 1.42 bits per heavy atom. The van der Waals surface area contributed by atoms with E-state index in [0.717, 1.165) is 24.4 Å². The predicted octanol–water partition coefficient (Wildman–Crippen LogP) is 4.02. The first-order chi connectivity index (χ1) is 9.20. The van der Waals surface area contributed by atoms with Crippen molar-refractivity contribution >= 4 is 5.82 Å². The Kier molecular flexibility index (Phi) is 4.29. The van der Waals surface area contributed by atoms with Crippen molar-refractivity contribution in [1.29, 1.82) is 0 Å². The van der Waals surface area contributed by atoms with E-state index in [1.165, 1.54) is 16.7 Å². The Hall–Kier alpha value is -2.16. The van der Waals surface area contributed by atoms with Crippen LogP contribution in [0.1, 0.15) is 26.7 Å². The summed E-state index contributed by atoms with van der Waals surface area (Å²) in [5.41, 5.74) is 4.67. The third kappa shape index (κ3) is 3.41. The highest BCUT2D eigenvalue weighted by Crippen LogP contribution is 2.23. The van der Waals surface area contributed by atoms with Crippen LogP contribution in [0.2, 0.25) is 0 Å². The molecule has 3 heteroatoms. The zero-order valence-corrected chi connectivity index (χ0v) is 11.5. The van der Waals surface area contributed by atoms with Gasteiger partial charge in [-0.25, -0.2) is 0 Å². The van der Waals surface area contributed by atoms with Crippen LogP contribution >= 0.6 is 0 Å². The van der Waals surface area contributed by atoms with Crippen molar-refractivity contribution in [3.8, 4) is 0 Å². The maximum Gasteiger partial charge on any atom is 0.153 e. The quantitative estimate of drug-likeness (QED) is 0.880. The van der Waals surface area contributed by atoms with Crippen molar-refractivity contribution in [2.45, 2.75) is 26.7 Å². The lowest BCUT2D eigenvalue weighted by molar-refractivity contribution is 1.03. The summed E-state index contributed by atoms with van der Waals surface area (Å²) in [5.74, 6) is 0.763. The number of nitrogens with one attached hydrogen (secondary N) is 1. The van der Waals surface area contributed by atoms with Gasteiger partial charge in [0.15, 0.2) is 5.82 Å². The first-order valence-electron chi connectivity index (χ1n) is 6.52. The molecule has 2 rings (SSSR count). The zero-order valence-electron chi connectivity index (χ0n) is 11.5. The van der Waals surface area contributed by atoms with Crippen molar-refractivity contribution in [2.24, 2.45) is 0 Å². The van der Waals surface area contributed by atoms with Crippen molar-refractivity contribution in [3.05, 3.63) is 65.6 Å². The van der Waals surface area contributed by atoms with E-state index in [-0.39, 0.29) is 0 Å². The van der Waals surface area contributed by atoms with Crippen LogP contribution in [0.25, 0.3) is 0 Å². The summed E-state index contributed by atoms with van der Waals surface area (Å²) >= 11 is 0. The largest absolute Gasteiger partial charge is 0.339 e. The number of rotatable bonds is 4. The van der Waals surface area contributed by atoms with E-state index >= 15 is 0 Å². The van der Waals surface area contributed by atoms with Crippen molar-refractivity contribution in [3.63, 3.8) is 0 Å². The molecule has 1 aromatic heterocycles. The van der Waals surface area contributed by atoms with Gasteiger partial charge in [-0.2, -0.15) is 5.10 Å². The Bertz CT molecular complexity index is 551. The lowest BCUT2D eigenvalue weighted by Crippen LogP contribution is -2.03. The van der Waals surface area contributed by atoms with Crippen LogP contribution in [0.3, 0.4) is 0 Å². The van der Waals surface area contributed by atoms with Crippen LogP contribution in [0, 0.1) is 0 Å². The summed E-state index contributed by atoms with van der Waals surface area (Å²) < 4.78 is 0. The predicted molar refractivity (Wildman–Crippen MR) is 79.6 cm³/mol. The summed E-state index contributed by atoms with van der Waals surface area (Å²) in [6.45, 7) is 8.33. The zero-order chi connectivity index (χ0) is 13.7. The lowest BCUT2D eigenvalue weighted by Gasteiger charge is -2.10. The highest BCUT2D eigenvalue weighted by Gasteiger charge is 2.07. The maximum atomic E-state index is 4.10. The van der Waals surface area contributed by atoms with E-state index in [1.54, 1.807) is 6.20 Å². The second kappa shape index (κ2) is 6.14. The fourth-order valence-corrected chi connectivity index (χ4v) is 1.94. The number of allylic oxidation sites excluding steroid dienone is 6. The van der Waals surface area contributed by atoms with E-state index in [4.69, 9.17) is 0 Å². The molecule has 0 fully saturated rings. The van der Waals surface area contributed by atoms with Gasteiger partial charge in [-0.1, -0.05) is 31.7 Å². The molecule has 1 aromatic rings. The lowest BCUT2D eigenvalue weighted by atomic mass is 10.0. The van der Waals surface area contributed by atoms with Crippen LogP contribution in [0.4, 0.5) is 5.82 Å².